The van der Waals surface area contributed by atoms with E-state index >= 15 is 0 Å². The predicted octanol–water partition coefficient (Wildman–Crippen LogP) is 3.83. The van der Waals surface area contributed by atoms with Crippen LogP contribution in [0.1, 0.15) is 71.7 Å². The Balaban J connectivity index is 2.05. The summed E-state index contributed by atoms with van der Waals surface area (Å²) in [4.78, 5) is 16.2. The van der Waals surface area contributed by atoms with E-state index in [1.807, 2.05) is 40.2 Å². The predicted molar refractivity (Wildman–Crippen MR) is 82.1 cm³/mol. The zero-order valence-corrected chi connectivity index (χ0v) is 13.7. The zero-order valence-electron chi connectivity index (χ0n) is 13.7. The third-order valence-corrected chi connectivity index (χ3v) is 4.05. The Bertz CT molecular complexity index is 490. The second-order valence-electron chi connectivity index (χ2n) is 7.07. The van der Waals surface area contributed by atoms with Crippen LogP contribution in [0.2, 0.25) is 0 Å². The first-order chi connectivity index (χ1) is 9.78. The Morgan fingerprint density at radius 3 is 2.76 bits per heavy atom. The van der Waals surface area contributed by atoms with Crippen molar-refractivity contribution in [3.63, 3.8) is 0 Å². The molecule has 2 rings (SSSR count). The molecule has 0 aromatic carbocycles. The van der Waals surface area contributed by atoms with Crippen LogP contribution in [0.25, 0.3) is 0 Å². The van der Waals surface area contributed by atoms with E-state index in [4.69, 9.17) is 4.74 Å². The molecular formula is C16H27N3O2. The van der Waals surface area contributed by atoms with Gasteiger partial charge in [0.1, 0.15) is 5.60 Å². The number of rotatable bonds is 3. The lowest BCUT2D eigenvalue weighted by molar-refractivity contribution is 0.0505. The summed E-state index contributed by atoms with van der Waals surface area (Å²) in [6.45, 7) is 9.84. The summed E-state index contributed by atoms with van der Waals surface area (Å²) in [5.74, 6) is 0.659. The number of amides is 1. The van der Waals surface area contributed by atoms with Gasteiger partial charge in [-0.15, -0.1) is 0 Å². The van der Waals surface area contributed by atoms with Gasteiger partial charge in [-0.3, -0.25) is 0 Å². The summed E-state index contributed by atoms with van der Waals surface area (Å²) in [7, 11) is 0. The maximum Gasteiger partial charge on any atom is 0.408 e. The first-order valence-corrected chi connectivity index (χ1v) is 7.79. The summed E-state index contributed by atoms with van der Waals surface area (Å²) >= 11 is 0. The van der Waals surface area contributed by atoms with Gasteiger partial charge in [0.2, 0.25) is 0 Å². The maximum atomic E-state index is 11.9. The average molecular weight is 293 g/mol. The van der Waals surface area contributed by atoms with Gasteiger partial charge in [0.25, 0.3) is 0 Å². The number of nitrogens with zero attached hydrogens (tertiary/aromatic N) is 2. The van der Waals surface area contributed by atoms with E-state index < -0.39 is 5.60 Å². The highest BCUT2D eigenvalue weighted by Crippen LogP contribution is 2.36. The summed E-state index contributed by atoms with van der Waals surface area (Å²) in [5, 5.41) is 2.90. The van der Waals surface area contributed by atoms with Crippen molar-refractivity contribution in [1.82, 2.24) is 14.9 Å². The zero-order chi connectivity index (χ0) is 15.6. The van der Waals surface area contributed by atoms with Gasteiger partial charge in [-0.25, -0.2) is 9.78 Å². The molecule has 5 nitrogen and oxygen atoms in total. The van der Waals surface area contributed by atoms with Gasteiger partial charge in [-0.1, -0.05) is 13.3 Å². The Hall–Kier alpha value is -1.52. The Morgan fingerprint density at radius 1 is 1.48 bits per heavy atom. The molecule has 0 bridgehead atoms. The highest BCUT2D eigenvalue weighted by atomic mass is 16.6. The van der Waals surface area contributed by atoms with E-state index in [2.05, 4.69) is 21.8 Å². The third kappa shape index (κ3) is 3.99. The first kappa shape index (κ1) is 15.9. The van der Waals surface area contributed by atoms with Crippen LogP contribution >= 0.6 is 0 Å². The van der Waals surface area contributed by atoms with Gasteiger partial charge in [-0.2, -0.15) is 0 Å². The van der Waals surface area contributed by atoms with Crippen LogP contribution in [0.5, 0.6) is 0 Å². The number of nitrogens with one attached hydrogen (secondary N) is 1. The van der Waals surface area contributed by atoms with Crippen molar-refractivity contribution in [2.24, 2.45) is 5.92 Å². The molecule has 1 aliphatic carbocycles. The van der Waals surface area contributed by atoms with Crippen molar-refractivity contribution < 1.29 is 9.53 Å². The molecule has 21 heavy (non-hydrogen) atoms. The van der Waals surface area contributed by atoms with E-state index in [-0.39, 0.29) is 12.1 Å². The second kappa shape index (κ2) is 6.08. The fraction of sp³-hybridized carbons (Fsp3) is 0.750. The quantitative estimate of drug-likeness (QED) is 0.921. The van der Waals surface area contributed by atoms with Crippen molar-refractivity contribution in [2.45, 2.75) is 71.6 Å². The molecule has 0 radical (unpaired) electrons. The topological polar surface area (TPSA) is 56.2 Å². The molecule has 1 aromatic rings. The molecule has 5 heteroatoms. The van der Waals surface area contributed by atoms with Crippen LogP contribution in [0.3, 0.4) is 0 Å². The summed E-state index contributed by atoms with van der Waals surface area (Å²) in [6.07, 6.45) is 7.04. The average Bonchev–Trinajstić information content (AvgIpc) is 2.93. The van der Waals surface area contributed by atoms with E-state index in [0.29, 0.717) is 12.0 Å². The van der Waals surface area contributed by atoms with Gasteiger partial charge in [-0.05, 0) is 46.5 Å². The molecular weight excluding hydrogens is 266 g/mol. The molecule has 1 aromatic heterocycles. The monoisotopic (exact) mass is 293 g/mol. The molecule has 1 N–H and O–H groups in total. The Kier molecular flexibility index (Phi) is 4.59. The molecule has 118 valence electrons. The summed E-state index contributed by atoms with van der Waals surface area (Å²) in [6, 6.07) is 0.375. The molecule has 1 fully saturated rings. The molecule has 1 heterocycles. The van der Waals surface area contributed by atoms with Crippen molar-refractivity contribution in [3.05, 3.63) is 18.2 Å². The Labute approximate surface area is 127 Å². The van der Waals surface area contributed by atoms with Crippen molar-refractivity contribution in [3.8, 4) is 0 Å². The second-order valence-corrected chi connectivity index (χ2v) is 7.07. The number of ether oxygens (including phenoxy) is 1. The molecule has 1 amide bonds. The van der Waals surface area contributed by atoms with Crippen molar-refractivity contribution in [2.75, 3.05) is 0 Å². The van der Waals surface area contributed by atoms with Gasteiger partial charge in [0, 0.05) is 6.04 Å². The summed E-state index contributed by atoms with van der Waals surface area (Å²) < 4.78 is 7.54. The summed E-state index contributed by atoms with van der Waals surface area (Å²) in [5.41, 5.74) is 0.559. The molecule has 2 unspecified atom stereocenters. The lowest BCUT2D eigenvalue weighted by Gasteiger charge is -2.25. The van der Waals surface area contributed by atoms with Crippen molar-refractivity contribution >= 4 is 6.09 Å². The fourth-order valence-electron chi connectivity index (χ4n) is 3.02. The highest BCUT2D eigenvalue weighted by molar-refractivity contribution is 5.68. The lowest BCUT2D eigenvalue weighted by Crippen LogP contribution is -2.35. The van der Waals surface area contributed by atoms with E-state index in [1.165, 1.54) is 19.3 Å². The first-order valence-electron chi connectivity index (χ1n) is 7.79. The number of carbonyl (C=O) groups is 1. The minimum Gasteiger partial charge on any atom is -0.444 e. The normalized spacial score (nSPS) is 23.9. The molecule has 1 saturated carbocycles. The lowest BCUT2D eigenvalue weighted by atomic mass is 10.1. The molecule has 0 saturated heterocycles. The van der Waals surface area contributed by atoms with Crippen LogP contribution in [-0.2, 0) is 4.74 Å². The number of carbonyl (C=O) groups excluding carboxylic acids is 1. The number of imidazole rings is 1. The van der Waals surface area contributed by atoms with E-state index in [1.54, 1.807) is 0 Å². The van der Waals surface area contributed by atoms with Crippen LogP contribution in [0.4, 0.5) is 4.79 Å². The van der Waals surface area contributed by atoms with Gasteiger partial charge in [0.15, 0.2) is 0 Å². The third-order valence-electron chi connectivity index (χ3n) is 4.05. The molecule has 1 aliphatic rings. The molecule has 0 spiro atoms. The van der Waals surface area contributed by atoms with Gasteiger partial charge >= 0.3 is 6.09 Å². The van der Waals surface area contributed by atoms with E-state index in [0.717, 1.165) is 5.69 Å². The molecule has 0 aliphatic heterocycles. The minimum absolute atomic E-state index is 0.116. The Morgan fingerprint density at radius 2 is 2.19 bits per heavy atom. The number of hydrogen-bond donors (Lipinski definition) is 1. The van der Waals surface area contributed by atoms with Crippen LogP contribution < -0.4 is 5.32 Å². The largest absolute Gasteiger partial charge is 0.444 e. The van der Waals surface area contributed by atoms with Crippen LogP contribution in [-0.4, -0.2) is 21.2 Å². The standard InChI is InChI=1S/C16H27N3O2/c1-11-7-6-8-13(11)19-10-17-9-14(19)12(2)18-15(20)21-16(3,4)5/h9-13H,6-8H2,1-5H3,(H,18,20)/t11?,12-,13?/m1/s1. The van der Waals surface area contributed by atoms with Crippen LogP contribution in [0, 0.1) is 5.92 Å². The fourth-order valence-corrected chi connectivity index (χ4v) is 3.02. The number of hydrogen-bond acceptors (Lipinski definition) is 3. The highest BCUT2D eigenvalue weighted by Gasteiger charge is 2.28. The number of alkyl carbamates (subject to hydrolysis) is 1. The molecule has 3 atom stereocenters. The van der Waals surface area contributed by atoms with Gasteiger partial charge < -0.3 is 14.6 Å². The SMILES string of the molecule is CC1CCCC1n1cncc1[C@@H](C)NC(=O)OC(C)(C)C. The van der Waals surface area contributed by atoms with Crippen LogP contribution in [0.15, 0.2) is 12.5 Å². The smallest absolute Gasteiger partial charge is 0.408 e. The maximum absolute atomic E-state index is 11.9. The van der Waals surface area contributed by atoms with Gasteiger partial charge in [0.05, 0.1) is 24.3 Å². The number of aromatic nitrogens is 2. The minimum atomic E-state index is -0.482. The van der Waals surface area contributed by atoms with Crippen molar-refractivity contribution in [1.29, 1.82) is 0 Å². The van der Waals surface area contributed by atoms with E-state index in [9.17, 15) is 4.79 Å².